The first kappa shape index (κ1) is 11.1. The minimum Gasteiger partial charge on any atom is -0.477 e. The van der Waals surface area contributed by atoms with Crippen LogP contribution < -0.4 is 0 Å². The molecule has 0 aromatic heterocycles. The number of rotatable bonds is 3. The molecule has 1 heterocycles. The number of aliphatic imine (C=N–C) groups is 1. The van der Waals surface area contributed by atoms with Crippen LogP contribution in [0.1, 0.15) is 18.5 Å². The average molecular weight is 218 g/mol. The fraction of sp³-hybridized carbons (Fsp3) is 0.462. The van der Waals surface area contributed by atoms with Crippen molar-refractivity contribution in [2.75, 3.05) is 20.7 Å². The first-order valence-corrected chi connectivity index (χ1v) is 5.60. The molecule has 0 saturated heterocycles. The maximum atomic E-state index is 5.65. The van der Waals surface area contributed by atoms with E-state index in [1.165, 1.54) is 5.56 Å². The van der Waals surface area contributed by atoms with E-state index in [1.807, 2.05) is 32.3 Å². The molecular formula is C13H18N2O. The number of hydrogen-bond donors (Lipinski definition) is 0. The predicted molar refractivity (Wildman–Crippen MR) is 65.7 cm³/mol. The Morgan fingerprint density at radius 2 is 2.00 bits per heavy atom. The number of benzene rings is 1. The maximum absolute atomic E-state index is 5.65. The van der Waals surface area contributed by atoms with Crippen LogP contribution >= 0.6 is 0 Å². The third-order valence-electron chi connectivity index (χ3n) is 2.99. The Kier molecular flexibility index (Phi) is 3.25. The first-order chi connectivity index (χ1) is 7.68. The van der Waals surface area contributed by atoms with E-state index in [2.05, 4.69) is 28.9 Å². The van der Waals surface area contributed by atoms with Gasteiger partial charge in [-0.2, -0.15) is 0 Å². The fourth-order valence-electron chi connectivity index (χ4n) is 1.69. The summed E-state index contributed by atoms with van der Waals surface area (Å²) in [6, 6.07) is 10.7. The van der Waals surface area contributed by atoms with Gasteiger partial charge in [-0.05, 0) is 26.6 Å². The summed E-state index contributed by atoms with van der Waals surface area (Å²) in [6.45, 7) is 2.77. The van der Waals surface area contributed by atoms with Gasteiger partial charge in [0.1, 0.15) is 12.6 Å². The Morgan fingerprint density at radius 3 is 2.62 bits per heavy atom. The molecule has 16 heavy (non-hydrogen) atoms. The molecular weight excluding hydrogens is 200 g/mol. The van der Waals surface area contributed by atoms with E-state index < -0.39 is 0 Å². The topological polar surface area (TPSA) is 24.8 Å². The minimum atomic E-state index is 0.165. The molecule has 0 spiro atoms. The molecule has 0 N–H and O–H groups in total. The molecule has 0 amide bonds. The van der Waals surface area contributed by atoms with E-state index >= 15 is 0 Å². The highest BCUT2D eigenvalue weighted by molar-refractivity contribution is 5.82. The smallest absolute Gasteiger partial charge is 0.201 e. The molecule has 2 rings (SSSR count). The van der Waals surface area contributed by atoms with Crippen molar-refractivity contribution < 1.29 is 4.74 Å². The summed E-state index contributed by atoms with van der Waals surface area (Å²) in [5, 5.41) is 0. The molecule has 0 aliphatic carbocycles. The Hall–Kier alpha value is -1.35. The normalized spacial score (nSPS) is 21.8. The molecule has 0 unspecified atom stereocenters. The van der Waals surface area contributed by atoms with Gasteiger partial charge < -0.3 is 4.74 Å². The summed E-state index contributed by atoms with van der Waals surface area (Å²) in [7, 11) is 4.07. The Balaban J connectivity index is 2.12. The second kappa shape index (κ2) is 4.66. The first-order valence-electron chi connectivity index (χ1n) is 5.60. The molecule has 1 aromatic carbocycles. The fourth-order valence-corrected chi connectivity index (χ4v) is 1.69. The Morgan fingerprint density at radius 1 is 1.31 bits per heavy atom. The largest absolute Gasteiger partial charge is 0.477 e. The second-order valence-electron chi connectivity index (χ2n) is 4.34. The predicted octanol–water partition coefficient (Wildman–Crippen LogP) is 2.11. The monoisotopic (exact) mass is 218 g/mol. The third kappa shape index (κ3) is 2.25. The van der Waals surface area contributed by atoms with Gasteiger partial charge in [0.15, 0.2) is 0 Å². The van der Waals surface area contributed by atoms with Gasteiger partial charge in [0, 0.05) is 0 Å². The quantitative estimate of drug-likeness (QED) is 0.776. The van der Waals surface area contributed by atoms with Crippen molar-refractivity contribution >= 4 is 5.90 Å². The average Bonchev–Trinajstić information content (AvgIpc) is 2.78. The van der Waals surface area contributed by atoms with Crippen LogP contribution in [0, 0.1) is 0 Å². The number of nitrogens with zero attached hydrogens (tertiary/aromatic N) is 2. The summed E-state index contributed by atoms with van der Waals surface area (Å²) in [5.41, 5.74) is 1.23. The van der Waals surface area contributed by atoms with Gasteiger partial charge in [-0.15, -0.1) is 0 Å². The van der Waals surface area contributed by atoms with Crippen LogP contribution in [0.15, 0.2) is 35.3 Å². The molecule has 1 aliphatic rings. The molecule has 1 aliphatic heterocycles. The van der Waals surface area contributed by atoms with E-state index in [-0.39, 0.29) is 12.1 Å². The Bertz CT molecular complexity index is 373. The molecule has 2 atom stereocenters. The van der Waals surface area contributed by atoms with Crippen LogP contribution in [-0.4, -0.2) is 37.5 Å². The van der Waals surface area contributed by atoms with E-state index in [1.54, 1.807) is 0 Å². The minimum absolute atomic E-state index is 0.165. The number of hydrogen-bond acceptors (Lipinski definition) is 3. The molecule has 86 valence electrons. The molecule has 0 saturated carbocycles. The van der Waals surface area contributed by atoms with E-state index in [0.29, 0.717) is 6.61 Å². The van der Waals surface area contributed by atoms with Crippen molar-refractivity contribution in [3.63, 3.8) is 0 Å². The van der Waals surface area contributed by atoms with Crippen LogP contribution in [0.4, 0.5) is 0 Å². The van der Waals surface area contributed by atoms with Gasteiger partial charge in [0.25, 0.3) is 0 Å². The lowest BCUT2D eigenvalue weighted by atomic mass is 10.1. The van der Waals surface area contributed by atoms with Crippen molar-refractivity contribution in [1.82, 2.24) is 4.90 Å². The van der Waals surface area contributed by atoms with Crippen LogP contribution in [0.2, 0.25) is 0 Å². The molecule has 3 heteroatoms. The summed E-state index contributed by atoms with van der Waals surface area (Å²) < 4.78 is 5.65. The Labute approximate surface area is 96.7 Å². The highest BCUT2D eigenvalue weighted by atomic mass is 16.5. The van der Waals surface area contributed by atoms with Crippen molar-refractivity contribution in [3.05, 3.63) is 35.9 Å². The van der Waals surface area contributed by atoms with Crippen LogP contribution in [0.3, 0.4) is 0 Å². The van der Waals surface area contributed by atoms with Gasteiger partial charge in [-0.1, -0.05) is 30.3 Å². The second-order valence-corrected chi connectivity index (χ2v) is 4.34. The number of ether oxygens (including phenoxy) is 1. The highest BCUT2D eigenvalue weighted by Crippen LogP contribution is 2.23. The maximum Gasteiger partial charge on any atom is 0.201 e. The van der Waals surface area contributed by atoms with Gasteiger partial charge in [-0.3, -0.25) is 4.90 Å². The van der Waals surface area contributed by atoms with Crippen LogP contribution in [-0.2, 0) is 4.74 Å². The van der Waals surface area contributed by atoms with Gasteiger partial charge in [0.2, 0.25) is 5.90 Å². The van der Waals surface area contributed by atoms with Crippen molar-refractivity contribution in [3.8, 4) is 0 Å². The lowest BCUT2D eigenvalue weighted by molar-refractivity contribution is 0.273. The van der Waals surface area contributed by atoms with Gasteiger partial charge in [0.05, 0.1) is 6.04 Å². The van der Waals surface area contributed by atoms with E-state index in [4.69, 9.17) is 4.74 Å². The van der Waals surface area contributed by atoms with Crippen molar-refractivity contribution in [1.29, 1.82) is 0 Å². The molecule has 0 radical (unpaired) electrons. The van der Waals surface area contributed by atoms with Crippen LogP contribution in [0.5, 0.6) is 0 Å². The molecule has 0 fully saturated rings. The number of likely N-dealkylation sites (N-methyl/N-ethyl adjacent to an activating group) is 1. The molecule has 0 bridgehead atoms. The summed E-state index contributed by atoms with van der Waals surface area (Å²) in [4.78, 5) is 6.74. The summed E-state index contributed by atoms with van der Waals surface area (Å²) in [5.74, 6) is 0.846. The lowest BCUT2D eigenvalue weighted by Crippen LogP contribution is -2.32. The summed E-state index contributed by atoms with van der Waals surface area (Å²) in [6.07, 6.45) is 0. The standard InChI is InChI=1S/C13H18N2O/c1-10(15(2)3)13-14-12(9-16-13)11-7-5-4-6-8-11/h4-8,10,12H,9H2,1-3H3/t10-,12-/m0/s1. The van der Waals surface area contributed by atoms with Gasteiger partial charge >= 0.3 is 0 Å². The molecule has 3 nitrogen and oxygen atoms in total. The summed E-state index contributed by atoms with van der Waals surface area (Å²) >= 11 is 0. The zero-order valence-electron chi connectivity index (χ0n) is 10.1. The zero-order valence-corrected chi connectivity index (χ0v) is 10.1. The SMILES string of the molecule is C[C@@H](C1=N[C@H](c2ccccc2)CO1)N(C)C. The molecule has 1 aromatic rings. The van der Waals surface area contributed by atoms with Gasteiger partial charge in [-0.25, -0.2) is 4.99 Å². The van der Waals surface area contributed by atoms with E-state index in [9.17, 15) is 0 Å². The zero-order chi connectivity index (χ0) is 11.5. The van der Waals surface area contributed by atoms with Crippen molar-refractivity contribution in [2.24, 2.45) is 4.99 Å². The van der Waals surface area contributed by atoms with Crippen molar-refractivity contribution in [2.45, 2.75) is 19.0 Å². The highest BCUT2D eigenvalue weighted by Gasteiger charge is 2.24. The lowest BCUT2D eigenvalue weighted by Gasteiger charge is -2.18. The third-order valence-corrected chi connectivity index (χ3v) is 2.99. The van der Waals surface area contributed by atoms with Crippen LogP contribution in [0.25, 0.3) is 0 Å². The van der Waals surface area contributed by atoms with E-state index in [0.717, 1.165) is 5.90 Å².